The van der Waals surface area contributed by atoms with E-state index >= 15 is 0 Å². The molecule has 2 heterocycles. The van der Waals surface area contributed by atoms with Crippen molar-refractivity contribution < 1.29 is 4.52 Å². The van der Waals surface area contributed by atoms with Crippen LogP contribution in [-0.4, -0.2) is 5.16 Å². The fourth-order valence-corrected chi connectivity index (χ4v) is 3.59. The summed E-state index contributed by atoms with van der Waals surface area (Å²) in [7, 11) is 0. The highest BCUT2D eigenvalue weighted by Gasteiger charge is 2.51. The first-order valence-electron chi connectivity index (χ1n) is 6.66. The van der Waals surface area contributed by atoms with E-state index in [9.17, 15) is 0 Å². The van der Waals surface area contributed by atoms with Crippen molar-refractivity contribution in [3.63, 3.8) is 0 Å². The Morgan fingerprint density at radius 1 is 1.10 bits per heavy atom. The summed E-state index contributed by atoms with van der Waals surface area (Å²) in [6, 6.07) is 14.6. The van der Waals surface area contributed by atoms with E-state index in [-0.39, 0.29) is 5.41 Å². The molecular weight excluding hydrogens is 268 g/mol. The molecule has 0 atom stereocenters. The highest BCUT2D eigenvalue weighted by molar-refractivity contribution is 7.13. The number of aromatic nitrogens is 1. The van der Waals surface area contributed by atoms with E-state index in [0.29, 0.717) is 5.82 Å². The van der Waals surface area contributed by atoms with Gasteiger partial charge in [-0.25, -0.2) is 0 Å². The van der Waals surface area contributed by atoms with Crippen LogP contribution in [0.3, 0.4) is 0 Å². The number of anilines is 1. The minimum absolute atomic E-state index is 0.0365. The van der Waals surface area contributed by atoms with Gasteiger partial charge in [0.15, 0.2) is 11.6 Å². The van der Waals surface area contributed by atoms with Crippen LogP contribution in [0.2, 0.25) is 0 Å². The Balaban J connectivity index is 1.89. The smallest absolute Gasteiger partial charge is 0.175 e. The lowest BCUT2D eigenvalue weighted by Gasteiger charge is -2.13. The monoisotopic (exact) mass is 282 g/mol. The summed E-state index contributed by atoms with van der Waals surface area (Å²) in [6.45, 7) is 0. The van der Waals surface area contributed by atoms with E-state index in [1.54, 1.807) is 11.3 Å². The van der Waals surface area contributed by atoms with Crippen molar-refractivity contribution in [3.8, 4) is 10.4 Å². The predicted octanol–water partition coefficient (Wildman–Crippen LogP) is 4.07. The number of rotatable bonds is 3. The third-order valence-corrected chi connectivity index (χ3v) is 4.88. The summed E-state index contributed by atoms with van der Waals surface area (Å²) in [6.07, 6.45) is 2.17. The van der Waals surface area contributed by atoms with Crippen LogP contribution in [-0.2, 0) is 5.41 Å². The van der Waals surface area contributed by atoms with Crippen LogP contribution in [0.15, 0.2) is 52.4 Å². The molecular formula is C16H14N2OS. The number of nitrogens with two attached hydrogens (primary N) is 1. The van der Waals surface area contributed by atoms with Gasteiger partial charge in [-0.1, -0.05) is 41.6 Å². The van der Waals surface area contributed by atoms with Gasteiger partial charge in [-0.05, 0) is 29.9 Å². The Morgan fingerprint density at radius 2 is 1.90 bits per heavy atom. The number of benzene rings is 1. The molecule has 4 rings (SSSR count). The minimum Gasteiger partial charge on any atom is -0.380 e. The lowest BCUT2D eigenvalue weighted by molar-refractivity contribution is 0.369. The van der Waals surface area contributed by atoms with E-state index in [4.69, 9.17) is 10.3 Å². The fourth-order valence-electron chi connectivity index (χ4n) is 2.82. The first-order valence-corrected chi connectivity index (χ1v) is 7.54. The molecule has 1 aromatic carbocycles. The zero-order valence-corrected chi connectivity index (χ0v) is 11.7. The van der Waals surface area contributed by atoms with Crippen LogP contribution < -0.4 is 5.73 Å². The number of nitrogens with zero attached hydrogens (tertiary/aromatic N) is 1. The van der Waals surface area contributed by atoms with E-state index in [0.717, 1.165) is 29.0 Å². The molecule has 0 spiro atoms. The SMILES string of the molecule is Nc1noc(C2(c3ccccc3)CC2)c1-c1cccs1. The van der Waals surface area contributed by atoms with Crippen LogP contribution >= 0.6 is 11.3 Å². The van der Waals surface area contributed by atoms with Gasteiger partial charge in [0, 0.05) is 4.88 Å². The molecule has 0 amide bonds. The Hall–Kier alpha value is -2.07. The molecule has 20 heavy (non-hydrogen) atoms. The van der Waals surface area contributed by atoms with Crippen molar-refractivity contribution in [2.24, 2.45) is 0 Å². The largest absolute Gasteiger partial charge is 0.380 e. The standard InChI is InChI=1S/C16H14N2OS/c17-15-13(12-7-4-10-20-12)14(19-18-15)16(8-9-16)11-5-2-1-3-6-11/h1-7,10H,8-9H2,(H2,17,18). The van der Waals surface area contributed by atoms with Crippen LogP contribution in [0.1, 0.15) is 24.2 Å². The van der Waals surface area contributed by atoms with Gasteiger partial charge in [0.2, 0.25) is 0 Å². The van der Waals surface area contributed by atoms with Gasteiger partial charge >= 0.3 is 0 Å². The molecule has 2 aromatic heterocycles. The Labute approximate surface area is 121 Å². The zero-order valence-electron chi connectivity index (χ0n) is 10.9. The maximum absolute atomic E-state index is 6.04. The molecule has 1 saturated carbocycles. The second-order valence-electron chi connectivity index (χ2n) is 5.20. The number of hydrogen-bond acceptors (Lipinski definition) is 4. The number of nitrogen functional groups attached to an aromatic ring is 1. The Morgan fingerprint density at radius 3 is 2.55 bits per heavy atom. The fraction of sp³-hybridized carbons (Fsp3) is 0.188. The topological polar surface area (TPSA) is 52.0 Å². The quantitative estimate of drug-likeness (QED) is 0.788. The lowest BCUT2D eigenvalue weighted by atomic mass is 9.90. The summed E-state index contributed by atoms with van der Waals surface area (Å²) < 4.78 is 5.63. The van der Waals surface area contributed by atoms with Crippen molar-refractivity contribution >= 4 is 17.2 Å². The van der Waals surface area contributed by atoms with Crippen molar-refractivity contribution in [1.82, 2.24) is 5.16 Å². The molecule has 2 N–H and O–H groups in total. The Kier molecular flexibility index (Phi) is 2.47. The molecule has 3 nitrogen and oxygen atoms in total. The first-order chi connectivity index (χ1) is 9.81. The van der Waals surface area contributed by atoms with Crippen molar-refractivity contribution in [3.05, 3.63) is 59.2 Å². The summed E-state index contributed by atoms with van der Waals surface area (Å²) in [5.74, 6) is 1.41. The second-order valence-corrected chi connectivity index (χ2v) is 6.15. The van der Waals surface area contributed by atoms with E-state index in [2.05, 4.69) is 35.5 Å². The lowest BCUT2D eigenvalue weighted by Crippen LogP contribution is -2.08. The molecule has 0 aliphatic heterocycles. The normalized spacial score (nSPS) is 16.2. The number of thiophene rings is 1. The average Bonchev–Trinajstić information content (AvgIpc) is 2.93. The second kappa shape index (κ2) is 4.21. The van der Waals surface area contributed by atoms with Crippen LogP contribution in [0.4, 0.5) is 5.82 Å². The van der Waals surface area contributed by atoms with E-state index in [1.807, 2.05) is 17.5 Å². The van der Waals surface area contributed by atoms with Gasteiger partial charge in [0.25, 0.3) is 0 Å². The van der Waals surface area contributed by atoms with Gasteiger partial charge in [-0.15, -0.1) is 11.3 Å². The van der Waals surface area contributed by atoms with Gasteiger partial charge in [0.05, 0.1) is 11.0 Å². The third kappa shape index (κ3) is 1.61. The average molecular weight is 282 g/mol. The zero-order chi connectivity index (χ0) is 13.6. The molecule has 3 aromatic rings. The molecule has 1 aliphatic carbocycles. The van der Waals surface area contributed by atoms with Gasteiger partial charge in [-0.3, -0.25) is 0 Å². The van der Waals surface area contributed by atoms with Crippen molar-refractivity contribution in [2.75, 3.05) is 5.73 Å². The molecule has 0 bridgehead atoms. The van der Waals surface area contributed by atoms with E-state index < -0.39 is 0 Å². The van der Waals surface area contributed by atoms with Crippen LogP contribution in [0.5, 0.6) is 0 Å². The van der Waals surface area contributed by atoms with Crippen molar-refractivity contribution in [2.45, 2.75) is 18.3 Å². The van der Waals surface area contributed by atoms with Crippen molar-refractivity contribution in [1.29, 1.82) is 0 Å². The molecule has 0 saturated heterocycles. The first kappa shape index (κ1) is 11.7. The highest BCUT2D eigenvalue weighted by Crippen LogP contribution is 2.57. The molecule has 0 unspecified atom stereocenters. The summed E-state index contributed by atoms with van der Waals surface area (Å²) in [5, 5.41) is 6.06. The maximum Gasteiger partial charge on any atom is 0.175 e. The predicted molar refractivity (Wildman–Crippen MR) is 80.7 cm³/mol. The van der Waals surface area contributed by atoms with Gasteiger partial charge in [-0.2, -0.15) is 0 Å². The molecule has 0 radical (unpaired) electrons. The summed E-state index contributed by atoms with van der Waals surface area (Å²) >= 11 is 1.67. The molecule has 1 fully saturated rings. The highest BCUT2D eigenvalue weighted by atomic mass is 32.1. The van der Waals surface area contributed by atoms with Gasteiger partial charge < -0.3 is 10.3 Å². The van der Waals surface area contributed by atoms with Crippen LogP contribution in [0, 0.1) is 0 Å². The summed E-state index contributed by atoms with van der Waals surface area (Å²) in [5.41, 5.74) is 8.26. The number of hydrogen-bond donors (Lipinski definition) is 1. The van der Waals surface area contributed by atoms with Crippen LogP contribution in [0.25, 0.3) is 10.4 Å². The Bertz CT molecular complexity index is 727. The summed E-state index contributed by atoms with van der Waals surface area (Å²) in [4.78, 5) is 1.13. The molecule has 4 heteroatoms. The third-order valence-electron chi connectivity index (χ3n) is 4.00. The van der Waals surface area contributed by atoms with E-state index in [1.165, 1.54) is 5.56 Å². The maximum atomic E-state index is 6.04. The molecule has 1 aliphatic rings. The molecule has 100 valence electrons. The van der Waals surface area contributed by atoms with Gasteiger partial charge in [0.1, 0.15) is 0 Å². The minimum atomic E-state index is -0.0365.